The Hall–Kier alpha value is -2.22. The van der Waals surface area contributed by atoms with Crippen LogP contribution in [0.5, 0.6) is 11.8 Å². The molecule has 2 aromatic rings. The van der Waals surface area contributed by atoms with Gasteiger partial charge in [0.1, 0.15) is 18.5 Å². The van der Waals surface area contributed by atoms with Crippen LogP contribution in [0.3, 0.4) is 0 Å². The average Bonchev–Trinajstić information content (AvgIpc) is 2.78. The molecule has 8 heteroatoms. The molecule has 0 aromatic carbocycles. The first kappa shape index (κ1) is 12.2. The molecule has 0 saturated heterocycles. The highest BCUT2D eigenvalue weighted by molar-refractivity contribution is 5.67. The zero-order chi connectivity index (χ0) is 13.1. The van der Waals surface area contributed by atoms with E-state index >= 15 is 0 Å². The standard InChI is InChI=1S/C10H13N5O3/c1-15-6(4-16)13-8(14-15)7-9(17-2)11-5-12-10(7)18-3/h5,16H,4H2,1-3H3. The second-order valence-electron chi connectivity index (χ2n) is 3.40. The van der Waals surface area contributed by atoms with Crippen molar-refractivity contribution < 1.29 is 14.6 Å². The van der Waals surface area contributed by atoms with Gasteiger partial charge in [0, 0.05) is 7.05 Å². The summed E-state index contributed by atoms with van der Waals surface area (Å²) in [6, 6.07) is 0. The van der Waals surface area contributed by atoms with E-state index in [-0.39, 0.29) is 6.61 Å². The molecule has 2 aromatic heterocycles. The van der Waals surface area contributed by atoms with E-state index in [1.807, 2.05) is 0 Å². The summed E-state index contributed by atoms with van der Waals surface area (Å²) in [6.07, 6.45) is 1.33. The Labute approximate surface area is 103 Å². The number of aromatic nitrogens is 5. The normalized spacial score (nSPS) is 10.4. The van der Waals surface area contributed by atoms with E-state index < -0.39 is 0 Å². The Bertz CT molecular complexity index is 532. The molecular weight excluding hydrogens is 238 g/mol. The Morgan fingerprint density at radius 2 is 1.83 bits per heavy atom. The molecule has 0 atom stereocenters. The second-order valence-corrected chi connectivity index (χ2v) is 3.40. The van der Waals surface area contributed by atoms with Crippen LogP contribution in [0.1, 0.15) is 5.82 Å². The average molecular weight is 251 g/mol. The summed E-state index contributed by atoms with van der Waals surface area (Å²) in [5, 5.41) is 13.3. The van der Waals surface area contributed by atoms with Gasteiger partial charge in [0.25, 0.3) is 0 Å². The van der Waals surface area contributed by atoms with Gasteiger partial charge in [-0.25, -0.2) is 15.0 Å². The third-order valence-corrected chi connectivity index (χ3v) is 2.38. The van der Waals surface area contributed by atoms with Gasteiger partial charge in [0.2, 0.25) is 11.8 Å². The quantitative estimate of drug-likeness (QED) is 0.802. The predicted octanol–water partition coefficient (Wildman–Crippen LogP) is -0.218. The van der Waals surface area contributed by atoms with Crippen molar-refractivity contribution in [3.8, 4) is 23.1 Å². The number of methoxy groups -OCH3 is 2. The largest absolute Gasteiger partial charge is 0.480 e. The lowest BCUT2D eigenvalue weighted by molar-refractivity contribution is 0.265. The van der Waals surface area contributed by atoms with Crippen molar-refractivity contribution in [2.75, 3.05) is 14.2 Å². The lowest BCUT2D eigenvalue weighted by Gasteiger charge is -2.07. The van der Waals surface area contributed by atoms with E-state index in [4.69, 9.17) is 14.6 Å². The molecule has 2 heterocycles. The number of hydrogen-bond acceptors (Lipinski definition) is 7. The fourth-order valence-corrected chi connectivity index (χ4v) is 1.52. The molecule has 0 bridgehead atoms. The Morgan fingerprint density at radius 1 is 1.22 bits per heavy atom. The van der Waals surface area contributed by atoms with E-state index in [9.17, 15) is 0 Å². The second kappa shape index (κ2) is 4.96. The lowest BCUT2D eigenvalue weighted by atomic mass is 10.3. The first-order valence-corrected chi connectivity index (χ1v) is 5.15. The summed E-state index contributed by atoms with van der Waals surface area (Å²) in [5.41, 5.74) is 0.456. The maximum Gasteiger partial charge on any atom is 0.231 e. The SMILES string of the molecule is COc1ncnc(OC)c1-c1nc(CO)n(C)n1. The van der Waals surface area contributed by atoms with Crippen LogP contribution < -0.4 is 9.47 Å². The van der Waals surface area contributed by atoms with Crippen LogP contribution >= 0.6 is 0 Å². The number of nitrogens with zero attached hydrogens (tertiary/aromatic N) is 5. The van der Waals surface area contributed by atoms with Crippen LogP contribution in [-0.4, -0.2) is 44.1 Å². The van der Waals surface area contributed by atoms with Crippen LogP contribution in [0.25, 0.3) is 11.4 Å². The molecular formula is C10H13N5O3. The number of ether oxygens (including phenoxy) is 2. The Morgan fingerprint density at radius 3 is 2.28 bits per heavy atom. The summed E-state index contributed by atoms with van der Waals surface area (Å²) in [5.74, 6) is 1.41. The number of aliphatic hydroxyl groups is 1. The number of rotatable bonds is 4. The molecule has 96 valence electrons. The van der Waals surface area contributed by atoms with Gasteiger partial charge in [-0.1, -0.05) is 0 Å². The zero-order valence-electron chi connectivity index (χ0n) is 10.3. The molecule has 1 N–H and O–H groups in total. The van der Waals surface area contributed by atoms with E-state index in [0.717, 1.165) is 0 Å². The Balaban J connectivity index is 2.60. The van der Waals surface area contributed by atoms with Gasteiger partial charge in [0.15, 0.2) is 11.6 Å². The summed E-state index contributed by atoms with van der Waals surface area (Å²) in [6.45, 7) is -0.207. The smallest absolute Gasteiger partial charge is 0.231 e. The highest BCUT2D eigenvalue weighted by atomic mass is 16.5. The number of aryl methyl sites for hydroxylation is 1. The lowest BCUT2D eigenvalue weighted by Crippen LogP contribution is -1.99. The van der Waals surface area contributed by atoms with Gasteiger partial charge in [-0.15, -0.1) is 0 Å². The van der Waals surface area contributed by atoms with E-state index in [2.05, 4.69) is 20.1 Å². The summed E-state index contributed by atoms with van der Waals surface area (Å²) in [4.78, 5) is 12.1. The molecule has 0 aliphatic carbocycles. The van der Waals surface area contributed by atoms with E-state index in [1.54, 1.807) is 7.05 Å². The first-order valence-electron chi connectivity index (χ1n) is 5.15. The van der Waals surface area contributed by atoms with Gasteiger partial charge in [-0.05, 0) is 0 Å². The van der Waals surface area contributed by atoms with Crippen molar-refractivity contribution in [3.63, 3.8) is 0 Å². The summed E-state index contributed by atoms with van der Waals surface area (Å²) in [7, 11) is 4.66. The maximum absolute atomic E-state index is 9.11. The van der Waals surface area contributed by atoms with Crippen LogP contribution in [0.15, 0.2) is 6.33 Å². The molecule has 0 aliphatic heterocycles. The molecule has 2 rings (SSSR count). The third kappa shape index (κ3) is 1.97. The van der Waals surface area contributed by atoms with Crippen LogP contribution in [-0.2, 0) is 13.7 Å². The summed E-state index contributed by atoms with van der Waals surface area (Å²) < 4.78 is 11.8. The fraction of sp³-hybridized carbons (Fsp3) is 0.400. The van der Waals surface area contributed by atoms with Crippen LogP contribution in [0, 0.1) is 0 Å². The van der Waals surface area contributed by atoms with Gasteiger partial charge in [-0.2, -0.15) is 5.10 Å². The number of hydrogen-bond donors (Lipinski definition) is 1. The first-order chi connectivity index (χ1) is 8.71. The van der Waals surface area contributed by atoms with Crippen LogP contribution in [0.4, 0.5) is 0 Å². The van der Waals surface area contributed by atoms with Gasteiger partial charge < -0.3 is 14.6 Å². The van der Waals surface area contributed by atoms with E-state index in [1.165, 1.54) is 25.2 Å². The minimum Gasteiger partial charge on any atom is -0.480 e. The van der Waals surface area contributed by atoms with Crippen molar-refractivity contribution in [1.82, 2.24) is 24.7 Å². The van der Waals surface area contributed by atoms with Crippen molar-refractivity contribution in [2.24, 2.45) is 7.05 Å². The van der Waals surface area contributed by atoms with Crippen molar-refractivity contribution in [3.05, 3.63) is 12.2 Å². The molecule has 18 heavy (non-hydrogen) atoms. The molecule has 0 amide bonds. The molecule has 8 nitrogen and oxygen atoms in total. The van der Waals surface area contributed by atoms with Crippen LogP contribution in [0.2, 0.25) is 0 Å². The fourth-order valence-electron chi connectivity index (χ4n) is 1.52. The number of aliphatic hydroxyl groups excluding tert-OH is 1. The van der Waals surface area contributed by atoms with Gasteiger partial charge in [-0.3, -0.25) is 4.68 Å². The topological polar surface area (TPSA) is 95.2 Å². The van der Waals surface area contributed by atoms with Crippen molar-refractivity contribution >= 4 is 0 Å². The molecule has 0 unspecified atom stereocenters. The predicted molar refractivity (Wildman–Crippen MR) is 61.1 cm³/mol. The molecule has 0 fully saturated rings. The zero-order valence-corrected chi connectivity index (χ0v) is 10.3. The highest BCUT2D eigenvalue weighted by Crippen LogP contribution is 2.32. The van der Waals surface area contributed by atoms with Gasteiger partial charge in [0.05, 0.1) is 14.2 Å². The van der Waals surface area contributed by atoms with Gasteiger partial charge >= 0.3 is 0 Å². The maximum atomic E-state index is 9.11. The molecule has 0 radical (unpaired) electrons. The monoisotopic (exact) mass is 251 g/mol. The van der Waals surface area contributed by atoms with Crippen molar-refractivity contribution in [1.29, 1.82) is 0 Å². The van der Waals surface area contributed by atoms with E-state index in [0.29, 0.717) is 29.0 Å². The minimum atomic E-state index is -0.207. The molecule has 0 spiro atoms. The van der Waals surface area contributed by atoms with Crippen molar-refractivity contribution in [2.45, 2.75) is 6.61 Å². The highest BCUT2D eigenvalue weighted by Gasteiger charge is 2.20. The minimum absolute atomic E-state index is 0.207. The molecule has 0 saturated carbocycles. The molecule has 0 aliphatic rings. The third-order valence-electron chi connectivity index (χ3n) is 2.38. The Kier molecular flexibility index (Phi) is 3.38. The summed E-state index contributed by atoms with van der Waals surface area (Å²) >= 11 is 0.